The minimum Gasteiger partial charge on any atom is -0.465 e. The SMILES string of the molecule is CCOC(=O)C1(c2nc(N(C)CC)no2)CCCCCC1. The van der Waals surface area contributed by atoms with Gasteiger partial charge in [-0.05, 0) is 31.8 Å². The van der Waals surface area contributed by atoms with Crippen molar-refractivity contribution in [2.24, 2.45) is 0 Å². The van der Waals surface area contributed by atoms with E-state index in [1.807, 2.05) is 25.8 Å². The van der Waals surface area contributed by atoms with E-state index in [4.69, 9.17) is 9.26 Å². The number of carbonyl (C=O) groups excluding carboxylic acids is 1. The van der Waals surface area contributed by atoms with Gasteiger partial charge in [-0.3, -0.25) is 4.79 Å². The number of hydrogen-bond donors (Lipinski definition) is 0. The lowest BCUT2D eigenvalue weighted by atomic mass is 9.80. The van der Waals surface area contributed by atoms with Crippen molar-refractivity contribution in [1.82, 2.24) is 10.1 Å². The van der Waals surface area contributed by atoms with E-state index in [0.717, 1.165) is 45.1 Å². The molecular weight excluding hydrogens is 270 g/mol. The predicted octanol–water partition coefficient (Wildman–Crippen LogP) is 2.68. The van der Waals surface area contributed by atoms with Gasteiger partial charge in [0.05, 0.1) is 6.61 Å². The zero-order valence-corrected chi connectivity index (χ0v) is 13.2. The van der Waals surface area contributed by atoms with Crippen molar-refractivity contribution in [3.63, 3.8) is 0 Å². The second-order valence-electron chi connectivity index (χ2n) is 5.63. The third-order valence-corrected chi connectivity index (χ3v) is 4.26. The van der Waals surface area contributed by atoms with Gasteiger partial charge in [-0.15, -0.1) is 0 Å². The quantitative estimate of drug-likeness (QED) is 0.614. The molecule has 0 radical (unpaired) electrons. The fourth-order valence-electron chi connectivity index (χ4n) is 2.81. The van der Waals surface area contributed by atoms with Gasteiger partial charge in [-0.1, -0.05) is 25.7 Å². The summed E-state index contributed by atoms with van der Waals surface area (Å²) in [6, 6.07) is 0. The lowest BCUT2D eigenvalue weighted by molar-refractivity contribution is -0.152. The summed E-state index contributed by atoms with van der Waals surface area (Å²) >= 11 is 0. The topological polar surface area (TPSA) is 68.5 Å². The van der Waals surface area contributed by atoms with Crippen LogP contribution in [0.4, 0.5) is 5.95 Å². The van der Waals surface area contributed by atoms with Gasteiger partial charge < -0.3 is 14.2 Å². The Morgan fingerprint density at radius 2 is 1.95 bits per heavy atom. The summed E-state index contributed by atoms with van der Waals surface area (Å²) in [6.45, 7) is 5.00. The van der Waals surface area contributed by atoms with E-state index in [2.05, 4.69) is 10.1 Å². The van der Waals surface area contributed by atoms with Gasteiger partial charge in [-0.2, -0.15) is 4.98 Å². The molecule has 0 spiro atoms. The molecule has 1 aromatic heterocycles. The first-order valence-corrected chi connectivity index (χ1v) is 7.86. The van der Waals surface area contributed by atoms with E-state index in [1.165, 1.54) is 0 Å². The first kappa shape index (κ1) is 15.8. The summed E-state index contributed by atoms with van der Waals surface area (Å²) in [5, 5.41) is 4.01. The van der Waals surface area contributed by atoms with Gasteiger partial charge in [0.1, 0.15) is 5.41 Å². The Bertz CT molecular complexity index is 464. The average Bonchev–Trinajstić information content (AvgIpc) is 2.85. The van der Waals surface area contributed by atoms with Gasteiger partial charge >= 0.3 is 5.97 Å². The number of anilines is 1. The smallest absolute Gasteiger partial charge is 0.321 e. The molecular formula is C15H25N3O3. The van der Waals surface area contributed by atoms with Crippen molar-refractivity contribution >= 4 is 11.9 Å². The zero-order valence-electron chi connectivity index (χ0n) is 13.2. The summed E-state index contributed by atoms with van der Waals surface area (Å²) in [5.41, 5.74) is -0.758. The Labute approximate surface area is 125 Å². The van der Waals surface area contributed by atoms with Crippen LogP contribution in [-0.2, 0) is 14.9 Å². The monoisotopic (exact) mass is 295 g/mol. The van der Waals surface area contributed by atoms with Crippen LogP contribution in [0.25, 0.3) is 0 Å². The molecule has 1 fully saturated rings. The fourth-order valence-corrected chi connectivity index (χ4v) is 2.81. The van der Waals surface area contributed by atoms with Gasteiger partial charge in [0.25, 0.3) is 5.95 Å². The number of carbonyl (C=O) groups is 1. The number of nitrogens with zero attached hydrogens (tertiary/aromatic N) is 3. The average molecular weight is 295 g/mol. The summed E-state index contributed by atoms with van der Waals surface area (Å²) in [5.74, 6) is 0.722. The number of ether oxygens (including phenoxy) is 1. The molecule has 0 unspecified atom stereocenters. The van der Waals surface area contributed by atoms with Gasteiger partial charge in [0.2, 0.25) is 5.89 Å². The van der Waals surface area contributed by atoms with Gasteiger partial charge in [0.15, 0.2) is 0 Å². The lowest BCUT2D eigenvalue weighted by Crippen LogP contribution is -2.37. The van der Waals surface area contributed by atoms with Crippen molar-refractivity contribution in [2.45, 2.75) is 57.8 Å². The normalized spacial score (nSPS) is 18.0. The number of aromatic nitrogens is 2. The zero-order chi connectivity index (χ0) is 15.3. The molecule has 118 valence electrons. The van der Waals surface area contributed by atoms with Crippen molar-refractivity contribution in [3.05, 3.63) is 5.89 Å². The molecule has 0 aromatic carbocycles. The van der Waals surface area contributed by atoms with E-state index in [-0.39, 0.29) is 5.97 Å². The highest BCUT2D eigenvalue weighted by Gasteiger charge is 2.46. The number of hydrogen-bond acceptors (Lipinski definition) is 6. The minimum atomic E-state index is -0.758. The largest absolute Gasteiger partial charge is 0.465 e. The van der Waals surface area contributed by atoms with Gasteiger partial charge in [0, 0.05) is 13.6 Å². The molecule has 0 atom stereocenters. The molecule has 0 aliphatic heterocycles. The number of rotatable bonds is 5. The predicted molar refractivity (Wildman–Crippen MR) is 79.3 cm³/mol. The summed E-state index contributed by atoms with van der Waals surface area (Å²) in [4.78, 5) is 18.9. The van der Waals surface area contributed by atoms with Crippen molar-refractivity contribution in [3.8, 4) is 0 Å². The molecule has 1 aliphatic carbocycles. The van der Waals surface area contributed by atoms with Crippen LogP contribution in [0.1, 0.15) is 58.3 Å². The summed E-state index contributed by atoms with van der Waals surface area (Å²) in [7, 11) is 1.90. The molecule has 6 heteroatoms. The van der Waals surface area contributed by atoms with Crippen molar-refractivity contribution in [1.29, 1.82) is 0 Å². The maximum Gasteiger partial charge on any atom is 0.321 e. The highest BCUT2D eigenvalue weighted by Crippen LogP contribution is 2.39. The number of esters is 1. The minimum absolute atomic E-state index is 0.221. The van der Waals surface area contributed by atoms with E-state index < -0.39 is 5.41 Å². The van der Waals surface area contributed by atoms with Crippen LogP contribution in [0.2, 0.25) is 0 Å². The van der Waals surface area contributed by atoms with E-state index in [0.29, 0.717) is 18.4 Å². The first-order valence-electron chi connectivity index (χ1n) is 7.86. The maximum absolute atomic E-state index is 12.6. The summed E-state index contributed by atoms with van der Waals surface area (Å²) in [6.07, 6.45) is 5.70. The molecule has 1 aromatic rings. The van der Waals surface area contributed by atoms with Crippen LogP contribution in [0.15, 0.2) is 4.52 Å². The highest BCUT2D eigenvalue weighted by atomic mass is 16.5. The van der Waals surface area contributed by atoms with Crippen LogP contribution < -0.4 is 4.90 Å². The van der Waals surface area contributed by atoms with Crippen LogP contribution in [0.5, 0.6) is 0 Å². The lowest BCUT2D eigenvalue weighted by Gasteiger charge is -2.26. The molecule has 0 saturated heterocycles. The first-order chi connectivity index (χ1) is 10.1. The van der Waals surface area contributed by atoms with E-state index in [1.54, 1.807) is 0 Å². The standard InChI is InChI=1S/C15H25N3O3/c1-4-18(3)14-16-12(21-17-14)15(13(19)20-5-2)10-8-6-7-9-11-15/h4-11H2,1-3H3. The third-order valence-electron chi connectivity index (χ3n) is 4.26. The van der Waals surface area contributed by atoms with Crippen molar-refractivity contribution < 1.29 is 14.1 Å². The molecule has 2 rings (SSSR count). The van der Waals surface area contributed by atoms with Crippen LogP contribution in [0, 0.1) is 0 Å². The van der Waals surface area contributed by atoms with Crippen LogP contribution >= 0.6 is 0 Å². The van der Waals surface area contributed by atoms with Crippen molar-refractivity contribution in [2.75, 3.05) is 25.1 Å². The Hall–Kier alpha value is -1.59. The third kappa shape index (κ3) is 3.19. The molecule has 6 nitrogen and oxygen atoms in total. The van der Waals surface area contributed by atoms with Gasteiger partial charge in [-0.25, -0.2) is 0 Å². The van der Waals surface area contributed by atoms with E-state index in [9.17, 15) is 4.79 Å². The molecule has 21 heavy (non-hydrogen) atoms. The highest BCUT2D eigenvalue weighted by molar-refractivity contribution is 5.82. The maximum atomic E-state index is 12.6. The Morgan fingerprint density at radius 1 is 1.29 bits per heavy atom. The second kappa shape index (κ2) is 6.91. The second-order valence-corrected chi connectivity index (χ2v) is 5.63. The Balaban J connectivity index is 2.34. The molecule has 1 aliphatic rings. The molecule has 0 bridgehead atoms. The molecule has 0 amide bonds. The molecule has 1 heterocycles. The van der Waals surface area contributed by atoms with Crippen LogP contribution in [-0.4, -0.2) is 36.3 Å². The molecule has 1 saturated carbocycles. The summed E-state index contributed by atoms with van der Waals surface area (Å²) < 4.78 is 10.8. The van der Waals surface area contributed by atoms with Crippen LogP contribution in [0.3, 0.4) is 0 Å². The molecule has 0 N–H and O–H groups in total. The van der Waals surface area contributed by atoms with E-state index >= 15 is 0 Å². The fraction of sp³-hybridized carbons (Fsp3) is 0.800. The Kier molecular flexibility index (Phi) is 5.20. The Morgan fingerprint density at radius 3 is 2.52 bits per heavy atom.